The van der Waals surface area contributed by atoms with Crippen molar-refractivity contribution in [2.24, 2.45) is 0 Å². The van der Waals surface area contributed by atoms with Gasteiger partial charge in [0.05, 0.1) is 0 Å². The molecule has 0 fully saturated rings. The minimum atomic E-state index is -0.192. The molecule has 0 saturated heterocycles. The summed E-state index contributed by atoms with van der Waals surface area (Å²) < 4.78 is 6.62. The van der Waals surface area contributed by atoms with E-state index in [0.29, 0.717) is 0 Å². The Morgan fingerprint density at radius 3 is 1.59 bits per heavy atom. The van der Waals surface area contributed by atoms with Crippen molar-refractivity contribution in [3.05, 3.63) is 193 Å². The molecule has 0 atom stereocenters. The zero-order valence-electron chi connectivity index (χ0n) is 31.2. The summed E-state index contributed by atoms with van der Waals surface area (Å²) in [4.78, 5) is 0. The molecular weight excluding hydrogens is 677 g/mol. The van der Waals surface area contributed by atoms with Gasteiger partial charge >= 0.3 is 0 Å². The first-order chi connectivity index (χ1) is 27.6. The molecule has 0 N–H and O–H groups in total. The fraction of sp³-hybridized carbons (Fsp3) is 0.0545. The predicted octanol–water partition coefficient (Wildman–Crippen LogP) is 15.5. The Kier molecular flexibility index (Phi) is 6.46. The van der Waals surface area contributed by atoms with Crippen molar-refractivity contribution in [1.82, 2.24) is 0 Å². The second kappa shape index (κ2) is 11.5. The molecule has 11 aromatic rings. The lowest BCUT2D eigenvalue weighted by atomic mass is 9.79. The van der Waals surface area contributed by atoms with Crippen LogP contribution in [0, 0.1) is 0 Å². The van der Waals surface area contributed by atoms with E-state index in [4.69, 9.17) is 4.42 Å². The quantitative estimate of drug-likeness (QED) is 0.166. The maximum Gasteiger partial charge on any atom is 0.143 e. The number of hydrogen-bond acceptors (Lipinski definition) is 1. The first-order valence-corrected chi connectivity index (χ1v) is 19.6. The van der Waals surface area contributed by atoms with Crippen LogP contribution in [0.4, 0.5) is 0 Å². The average Bonchev–Trinajstić information content (AvgIpc) is 3.75. The monoisotopic (exact) mass is 712 g/mol. The molecule has 1 aliphatic carbocycles. The van der Waals surface area contributed by atoms with Gasteiger partial charge in [-0.2, -0.15) is 0 Å². The molecule has 0 aliphatic heterocycles. The van der Waals surface area contributed by atoms with Crippen LogP contribution in [-0.4, -0.2) is 0 Å². The Morgan fingerprint density at radius 2 is 0.893 bits per heavy atom. The molecule has 1 nitrogen and oxygen atoms in total. The first-order valence-electron chi connectivity index (χ1n) is 19.6. The molecule has 0 saturated carbocycles. The molecule has 0 bridgehead atoms. The second-order valence-electron chi connectivity index (χ2n) is 15.9. The first kappa shape index (κ1) is 31.4. The van der Waals surface area contributed by atoms with Crippen LogP contribution < -0.4 is 0 Å². The summed E-state index contributed by atoms with van der Waals surface area (Å²) in [6, 6.07) is 67.0. The van der Waals surface area contributed by atoms with Gasteiger partial charge in [0.1, 0.15) is 11.2 Å². The van der Waals surface area contributed by atoms with E-state index < -0.39 is 0 Å². The third kappa shape index (κ3) is 4.26. The Balaban J connectivity index is 1.04. The summed E-state index contributed by atoms with van der Waals surface area (Å²) in [5.74, 6) is 0. The lowest BCUT2D eigenvalue weighted by Crippen LogP contribution is -2.15. The number of rotatable bonds is 3. The van der Waals surface area contributed by atoms with Gasteiger partial charge in [-0.1, -0.05) is 184 Å². The van der Waals surface area contributed by atoms with Gasteiger partial charge < -0.3 is 4.42 Å². The SMILES string of the molecule is CC1(C)c2ccc(-c3ccc(-c4c5ccccc5c(-c5cccc6ccccc56)c5ccccc45)cc3)cc2-c2c1c1c3ccccc3oc1c1ccccc21. The molecule has 1 aliphatic rings. The number of para-hydroxylation sites is 1. The van der Waals surface area contributed by atoms with Crippen LogP contribution in [0.3, 0.4) is 0 Å². The Hall–Kier alpha value is -6.96. The van der Waals surface area contributed by atoms with Crippen molar-refractivity contribution < 1.29 is 4.42 Å². The highest BCUT2D eigenvalue weighted by Crippen LogP contribution is 2.57. The predicted molar refractivity (Wildman–Crippen MR) is 238 cm³/mol. The van der Waals surface area contributed by atoms with Crippen LogP contribution in [0.15, 0.2) is 186 Å². The van der Waals surface area contributed by atoms with E-state index in [1.807, 2.05) is 0 Å². The smallest absolute Gasteiger partial charge is 0.143 e. The summed E-state index contributed by atoms with van der Waals surface area (Å²) in [6.45, 7) is 4.75. The highest BCUT2D eigenvalue weighted by Gasteiger charge is 2.40. The maximum atomic E-state index is 6.62. The van der Waals surface area contributed by atoms with Crippen LogP contribution >= 0.6 is 0 Å². The van der Waals surface area contributed by atoms with E-state index in [2.05, 4.69) is 196 Å². The number of fused-ring (bicyclic) bond motifs is 13. The normalized spacial score (nSPS) is 13.3. The van der Waals surface area contributed by atoms with Crippen molar-refractivity contribution in [2.75, 3.05) is 0 Å². The highest BCUT2D eigenvalue weighted by atomic mass is 16.3. The fourth-order valence-corrected chi connectivity index (χ4v) is 10.2. The topological polar surface area (TPSA) is 13.1 Å². The number of furan rings is 1. The minimum Gasteiger partial charge on any atom is -0.455 e. The standard InChI is InChI=1S/C55H36O/c1-55(2)47-31-30-36(32-46(47)51-43-21-9-10-22-44(43)54-52(53(51)55)45-23-11-12-25-48(45)56-54)33-26-28-35(29-27-33)49-39-17-5-7-19-41(39)50(42-20-8-6-18-40(42)49)38-24-13-15-34-14-3-4-16-37(34)38/h3-32H,1-2H3. The zero-order chi connectivity index (χ0) is 37.1. The summed E-state index contributed by atoms with van der Waals surface area (Å²) >= 11 is 0. The molecule has 1 heterocycles. The summed E-state index contributed by atoms with van der Waals surface area (Å²) in [6.07, 6.45) is 0. The maximum absolute atomic E-state index is 6.62. The molecule has 1 heteroatoms. The number of benzene rings is 10. The number of hydrogen-bond donors (Lipinski definition) is 0. The van der Waals surface area contributed by atoms with Crippen LogP contribution in [0.2, 0.25) is 0 Å². The Morgan fingerprint density at radius 1 is 0.375 bits per heavy atom. The van der Waals surface area contributed by atoms with Gasteiger partial charge in [0.25, 0.3) is 0 Å². The van der Waals surface area contributed by atoms with Gasteiger partial charge in [-0.25, -0.2) is 0 Å². The van der Waals surface area contributed by atoms with E-state index in [-0.39, 0.29) is 5.41 Å². The van der Waals surface area contributed by atoms with E-state index in [0.717, 1.165) is 11.2 Å². The Labute approximate surface area is 325 Å². The van der Waals surface area contributed by atoms with Crippen molar-refractivity contribution in [3.63, 3.8) is 0 Å². The van der Waals surface area contributed by atoms with Crippen molar-refractivity contribution in [2.45, 2.75) is 19.3 Å². The van der Waals surface area contributed by atoms with Gasteiger partial charge in [-0.05, 0) is 105 Å². The van der Waals surface area contributed by atoms with Crippen molar-refractivity contribution >= 4 is 65.0 Å². The molecule has 262 valence electrons. The lowest BCUT2D eigenvalue weighted by Gasteiger charge is -2.23. The largest absolute Gasteiger partial charge is 0.455 e. The van der Waals surface area contributed by atoms with Gasteiger partial charge in [-0.3, -0.25) is 0 Å². The molecule has 1 aromatic heterocycles. The van der Waals surface area contributed by atoms with Crippen molar-refractivity contribution in [3.8, 4) is 44.5 Å². The average molecular weight is 713 g/mol. The molecule has 0 spiro atoms. The summed E-state index contributed by atoms with van der Waals surface area (Å²) in [5, 5.41) is 12.5. The van der Waals surface area contributed by atoms with E-state index in [1.54, 1.807) is 0 Å². The highest BCUT2D eigenvalue weighted by molar-refractivity contribution is 6.25. The minimum absolute atomic E-state index is 0.192. The van der Waals surface area contributed by atoms with Crippen LogP contribution in [-0.2, 0) is 5.41 Å². The molecule has 0 unspecified atom stereocenters. The van der Waals surface area contributed by atoms with Gasteiger partial charge in [0, 0.05) is 21.6 Å². The fourth-order valence-electron chi connectivity index (χ4n) is 10.2. The zero-order valence-corrected chi connectivity index (χ0v) is 31.2. The second-order valence-corrected chi connectivity index (χ2v) is 15.9. The molecule has 0 amide bonds. The molecule has 56 heavy (non-hydrogen) atoms. The van der Waals surface area contributed by atoms with Gasteiger partial charge in [0.15, 0.2) is 0 Å². The molecule has 12 rings (SSSR count). The van der Waals surface area contributed by atoms with Gasteiger partial charge in [0.2, 0.25) is 0 Å². The van der Waals surface area contributed by atoms with Crippen LogP contribution in [0.25, 0.3) is 110 Å². The van der Waals surface area contributed by atoms with E-state index in [1.165, 1.54) is 109 Å². The molecule has 10 aromatic carbocycles. The lowest BCUT2D eigenvalue weighted by molar-refractivity contribution is 0.659. The van der Waals surface area contributed by atoms with Crippen LogP contribution in [0.1, 0.15) is 25.0 Å². The summed E-state index contributed by atoms with van der Waals surface area (Å²) in [5.41, 5.74) is 14.6. The van der Waals surface area contributed by atoms with Crippen LogP contribution in [0.5, 0.6) is 0 Å². The molecular formula is C55H36O. The third-order valence-corrected chi connectivity index (χ3v) is 12.6. The van der Waals surface area contributed by atoms with E-state index in [9.17, 15) is 0 Å². The summed E-state index contributed by atoms with van der Waals surface area (Å²) in [7, 11) is 0. The molecule has 0 radical (unpaired) electrons. The Bertz CT molecular complexity index is 3370. The van der Waals surface area contributed by atoms with Gasteiger partial charge in [-0.15, -0.1) is 0 Å². The van der Waals surface area contributed by atoms with Crippen molar-refractivity contribution in [1.29, 1.82) is 0 Å². The van der Waals surface area contributed by atoms with E-state index >= 15 is 0 Å². The third-order valence-electron chi connectivity index (χ3n) is 12.6.